The summed E-state index contributed by atoms with van der Waals surface area (Å²) in [5.41, 5.74) is 2.14. The third-order valence-corrected chi connectivity index (χ3v) is 5.46. The molecule has 0 saturated heterocycles. The fraction of sp³-hybridized carbons (Fsp3) is 0.368. The van der Waals surface area contributed by atoms with Gasteiger partial charge < -0.3 is 15.0 Å². The van der Waals surface area contributed by atoms with Crippen molar-refractivity contribution in [1.82, 2.24) is 10.2 Å². The normalized spacial score (nSPS) is 14.6. The third kappa shape index (κ3) is 4.20. The molecule has 1 aliphatic rings. The number of nitrogens with one attached hydrogen (secondary N) is 1. The zero-order valence-electron chi connectivity index (χ0n) is 14.5. The molecule has 1 aliphatic heterocycles. The summed E-state index contributed by atoms with van der Waals surface area (Å²) < 4.78 is 5.17. The van der Waals surface area contributed by atoms with E-state index in [0.29, 0.717) is 6.54 Å². The van der Waals surface area contributed by atoms with E-state index in [1.54, 1.807) is 18.4 Å². The van der Waals surface area contributed by atoms with Crippen molar-refractivity contribution in [3.8, 4) is 5.75 Å². The fourth-order valence-corrected chi connectivity index (χ4v) is 3.99. The van der Waals surface area contributed by atoms with Crippen LogP contribution >= 0.6 is 11.3 Å². The van der Waals surface area contributed by atoms with Gasteiger partial charge in [-0.05, 0) is 41.1 Å². The molecule has 132 valence electrons. The number of carbonyl (C=O) groups is 2. The molecule has 0 spiro atoms. The molecule has 1 aromatic heterocycles. The molecule has 1 atom stereocenters. The minimum absolute atomic E-state index is 0.0615. The smallest absolute Gasteiger partial charge is 0.225 e. The standard InChI is InChI=1S/C19H22N2O3S/c1-13(22)20-17(14-3-5-16(24-2)6-4-14)11-19(23)21-9-7-18-15(12-21)8-10-25-18/h3-6,8,10,17H,7,9,11-12H2,1-2H3,(H,20,22). The largest absolute Gasteiger partial charge is 0.497 e. The van der Waals surface area contributed by atoms with Gasteiger partial charge >= 0.3 is 0 Å². The molecule has 25 heavy (non-hydrogen) atoms. The highest BCUT2D eigenvalue weighted by Crippen LogP contribution is 2.26. The Balaban J connectivity index is 1.71. The van der Waals surface area contributed by atoms with Crippen LogP contribution in [0.1, 0.15) is 35.4 Å². The van der Waals surface area contributed by atoms with E-state index in [1.165, 1.54) is 17.4 Å². The monoisotopic (exact) mass is 358 g/mol. The van der Waals surface area contributed by atoms with E-state index in [1.807, 2.05) is 29.2 Å². The SMILES string of the molecule is COc1ccc(C(CC(=O)N2CCc3sccc3C2)NC(C)=O)cc1. The van der Waals surface area contributed by atoms with Gasteiger partial charge in [0.2, 0.25) is 11.8 Å². The van der Waals surface area contributed by atoms with E-state index in [9.17, 15) is 9.59 Å². The molecule has 1 unspecified atom stereocenters. The number of hydrogen-bond donors (Lipinski definition) is 1. The summed E-state index contributed by atoms with van der Waals surface area (Å²) in [6.45, 7) is 2.87. The highest BCUT2D eigenvalue weighted by molar-refractivity contribution is 7.10. The first-order valence-electron chi connectivity index (χ1n) is 8.31. The number of rotatable bonds is 5. The van der Waals surface area contributed by atoms with Crippen LogP contribution in [0, 0.1) is 0 Å². The minimum atomic E-state index is -0.334. The molecule has 0 radical (unpaired) electrons. The van der Waals surface area contributed by atoms with Gasteiger partial charge in [0.15, 0.2) is 0 Å². The number of methoxy groups -OCH3 is 1. The Hall–Kier alpha value is -2.34. The lowest BCUT2D eigenvalue weighted by atomic mass is 10.0. The van der Waals surface area contributed by atoms with Crippen molar-refractivity contribution in [1.29, 1.82) is 0 Å². The summed E-state index contributed by atoms with van der Waals surface area (Å²) >= 11 is 1.75. The summed E-state index contributed by atoms with van der Waals surface area (Å²) in [7, 11) is 1.61. The number of amides is 2. The Labute approximate surface area is 151 Å². The molecular weight excluding hydrogens is 336 g/mol. The van der Waals surface area contributed by atoms with Gasteiger partial charge in [0.25, 0.3) is 0 Å². The predicted octanol–water partition coefficient (Wildman–Crippen LogP) is 2.91. The number of nitrogens with zero attached hydrogens (tertiary/aromatic N) is 1. The van der Waals surface area contributed by atoms with Gasteiger partial charge in [0.1, 0.15) is 5.75 Å². The van der Waals surface area contributed by atoms with Crippen LogP contribution < -0.4 is 10.1 Å². The Morgan fingerprint density at radius 1 is 1.28 bits per heavy atom. The lowest BCUT2D eigenvalue weighted by molar-refractivity contribution is -0.133. The Morgan fingerprint density at radius 2 is 2.04 bits per heavy atom. The molecule has 3 rings (SSSR count). The lowest BCUT2D eigenvalue weighted by Crippen LogP contribution is -2.38. The van der Waals surface area contributed by atoms with Crippen molar-refractivity contribution in [3.63, 3.8) is 0 Å². The van der Waals surface area contributed by atoms with Crippen molar-refractivity contribution in [2.75, 3.05) is 13.7 Å². The molecule has 1 N–H and O–H groups in total. The Kier molecular flexibility index (Phi) is 5.38. The van der Waals surface area contributed by atoms with Crippen molar-refractivity contribution in [3.05, 3.63) is 51.7 Å². The summed E-state index contributed by atoms with van der Waals surface area (Å²) in [5.74, 6) is 0.663. The van der Waals surface area contributed by atoms with Crippen LogP contribution in [-0.2, 0) is 22.6 Å². The number of benzene rings is 1. The maximum Gasteiger partial charge on any atom is 0.225 e. The molecule has 2 amide bonds. The zero-order valence-corrected chi connectivity index (χ0v) is 15.3. The number of hydrogen-bond acceptors (Lipinski definition) is 4. The second-order valence-electron chi connectivity index (χ2n) is 6.16. The maximum absolute atomic E-state index is 12.8. The van der Waals surface area contributed by atoms with Crippen LogP contribution in [-0.4, -0.2) is 30.4 Å². The molecule has 1 aromatic carbocycles. The van der Waals surface area contributed by atoms with Gasteiger partial charge in [-0.1, -0.05) is 12.1 Å². The molecule has 0 aliphatic carbocycles. The molecule has 6 heteroatoms. The third-order valence-electron chi connectivity index (χ3n) is 4.43. The second kappa shape index (κ2) is 7.70. The average Bonchev–Trinajstić information content (AvgIpc) is 3.08. The van der Waals surface area contributed by atoms with Gasteiger partial charge in [0, 0.05) is 24.9 Å². The van der Waals surface area contributed by atoms with Crippen LogP contribution in [0.15, 0.2) is 35.7 Å². The van der Waals surface area contributed by atoms with Crippen molar-refractivity contribution < 1.29 is 14.3 Å². The van der Waals surface area contributed by atoms with Gasteiger partial charge in [-0.3, -0.25) is 9.59 Å². The quantitative estimate of drug-likeness (QED) is 0.894. The molecule has 0 saturated carbocycles. The predicted molar refractivity (Wildman–Crippen MR) is 97.6 cm³/mol. The first kappa shape index (κ1) is 17.5. The van der Waals surface area contributed by atoms with E-state index in [4.69, 9.17) is 4.74 Å². The fourth-order valence-electron chi connectivity index (χ4n) is 3.10. The van der Waals surface area contributed by atoms with Crippen LogP contribution in [0.5, 0.6) is 5.75 Å². The van der Waals surface area contributed by atoms with E-state index < -0.39 is 0 Å². The lowest BCUT2D eigenvalue weighted by Gasteiger charge is -2.29. The van der Waals surface area contributed by atoms with E-state index in [-0.39, 0.29) is 24.3 Å². The van der Waals surface area contributed by atoms with Crippen molar-refractivity contribution in [2.24, 2.45) is 0 Å². The maximum atomic E-state index is 12.8. The molecule has 2 aromatic rings. The Morgan fingerprint density at radius 3 is 2.72 bits per heavy atom. The topological polar surface area (TPSA) is 58.6 Å². The van der Waals surface area contributed by atoms with Crippen molar-refractivity contribution >= 4 is 23.2 Å². The summed E-state index contributed by atoms with van der Waals surface area (Å²) in [5, 5.41) is 4.97. The molecule has 0 bridgehead atoms. The van der Waals surface area contributed by atoms with E-state index in [0.717, 1.165) is 24.3 Å². The van der Waals surface area contributed by atoms with Gasteiger partial charge in [0.05, 0.1) is 19.6 Å². The first-order valence-corrected chi connectivity index (χ1v) is 9.19. The number of carbonyl (C=O) groups excluding carboxylic acids is 2. The highest BCUT2D eigenvalue weighted by Gasteiger charge is 2.25. The first-order chi connectivity index (χ1) is 12.1. The van der Waals surface area contributed by atoms with E-state index >= 15 is 0 Å². The van der Waals surface area contributed by atoms with Crippen LogP contribution in [0.2, 0.25) is 0 Å². The molecule has 0 fully saturated rings. The number of ether oxygens (including phenoxy) is 1. The summed E-state index contributed by atoms with van der Waals surface area (Å²) in [6.07, 6.45) is 1.16. The average molecular weight is 358 g/mol. The molecule has 5 nitrogen and oxygen atoms in total. The van der Waals surface area contributed by atoms with Crippen LogP contribution in [0.4, 0.5) is 0 Å². The van der Waals surface area contributed by atoms with E-state index in [2.05, 4.69) is 16.8 Å². The second-order valence-corrected chi connectivity index (χ2v) is 7.17. The van der Waals surface area contributed by atoms with Gasteiger partial charge in [-0.15, -0.1) is 11.3 Å². The number of thiophene rings is 1. The van der Waals surface area contributed by atoms with Crippen molar-refractivity contribution in [2.45, 2.75) is 32.4 Å². The summed E-state index contributed by atoms with van der Waals surface area (Å²) in [4.78, 5) is 27.6. The zero-order chi connectivity index (χ0) is 17.8. The van der Waals surface area contributed by atoms with Gasteiger partial charge in [-0.25, -0.2) is 0 Å². The van der Waals surface area contributed by atoms with Crippen LogP contribution in [0.25, 0.3) is 0 Å². The Bertz CT molecular complexity index is 754. The highest BCUT2D eigenvalue weighted by atomic mass is 32.1. The van der Waals surface area contributed by atoms with Gasteiger partial charge in [-0.2, -0.15) is 0 Å². The molecular formula is C19H22N2O3S. The molecule has 2 heterocycles. The number of fused-ring (bicyclic) bond motifs is 1. The minimum Gasteiger partial charge on any atom is -0.497 e. The summed E-state index contributed by atoms with van der Waals surface area (Å²) in [6, 6.07) is 9.22. The van der Waals surface area contributed by atoms with Crippen LogP contribution in [0.3, 0.4) is 0 Å².